The van der Waals surface area contributed by atoms with Gasteiger partial charge in [-0.25, -0.2) is 9.18 Å². The van der Waals surface area contributed by atoms with Crippen molar-refractivity contribution < 1.29 is 28.6 Å². The maximum Gasteiger partial charge on any atom is 0.341 e. The molecule has 0 atom stereocenters. The SMILES string of the molecule is COc1cc(/C=C/C(=O)c2ccc(F)cc2)ccc1OCC(=O)O. The molecule has 0 aliphatic carbocycles. The predicted octanol–water partition coefficient (Wildman–Crippen LogP) is 3.19. The fraction of sp³-hybridized carbons (Fsp3) is 0.111. The van der Waals surface area contributed by atoms with Crippen LogP contribution in [-0.2, 0) is 4.79 Å². The Labute approximate surface area is 137 Å². The van der Waals surface area contributed by atoms with E-state index >= 15 is 0 Å². The molecule has 0 bridgehead atoms. The quantitative estimate of drug-likeness (QED) is 0.623. The molecule has 5 nitrogen and oxygen atoms in total. The summed E-state index contributed by atoms with van der Waals surface area (Å²) in [5, 5.41) is 8.63. The van der Waals surface area contributed by atoms with Crippen molar-refractivity contribution in [1.29, 1.82) is 0 Å². The van der Waals surface area contributed by atoms with Gasteiger partial charge in [-0.05, 0) is 48.0 Å². The van der Waals surface area contributed by atoms with Gasteiger partial charge in [-0.3, -0.25) is 4.79 Å². The van der Waals surface area contributed by atoms with Gasteiger partial charge in [0, 0.05) is 5.56 Å². The van der Waals surface area contributed by atoms with Crippen molar-refractivity contribution in [2.75, 3.05) is 13.7 Å². The number of ether oxygens (including phenoxy) is 2. The molecule has 2 aromatic rings. The van der Waals surface area contributed by atoms with Crippen molar-refractivity contribution in [3.8, 4) is 11.5 Å². The average Bonchev–Trinajstić information content (AvgIpc) is 2.58. The van der Waals surface area contributed by atoms with Crippen LogP contribution < -0.4 is 9.47 Å². The van der Waals surface area contributed by atoms with E-state index < -0.39 is 18.4 Å². The van der Waals surface area contributed by atoms with Gasteiger partial charge in [-0.1, -0.05) is 12.1 Å². The van der Waals surface area contributed by atoms with Crippen LogP contribution >= 0.6 is 0 Å². The van der Waals surface area contributed by atoms with Gasteiger partial charge in [0.2, 0.25) is 0 Å². The fourth-order valence-corrected chi connectivity index (χ4v) is 1.93. The van der Waals surface area contributed by atoms with E-state index in [0.29, 0.717) is 22.6 Å². The molecule has 2 rings (SSSR count). The first kappa shape index (κ1) is 17.2. The lowest BCUT2D eigenvalue weighted by atomic mass is 10.1. The van der Waals surface area contributed by atoms with E-state index in [1.54, 1.807) is 24.3 Å². The van der Waals surface area contributed by atoms with E-state index in [4.69, 9.17) is 14.6 Å². The fourth-order valence-electron chi connectivity index (χ4n) is 1.93. The summed E-state index contributed by atoms with van der Waals surface area (Å²) in [6.45, 7) is -0.478. The summed E-state index contributed by atoms with van der Waals surface area (Å²) in [6.07, 6.45) is 2.94. The Morgan fingerprint density at radius 1 is 1.12 bits per heavy atom. The number of hydrogen-bond donors (Lipinski definition) is 1. The van der Waals surface area contributed by atoms with Gasteiger partial charge in [0.1, 0.15) is 5.82 Å². The van der Waals surface area contributed by atoms with Crippen LogP contribution in [0.15, 0.2) is 48.5 Å². The topological polar surface area (TPSA) is 72.8 Å². The summed E-state index contributed by atoms with van der Waals surface area (Å²) < 4.78 is 23.1. The number of carbonyl (C=O) groups is 2. The molecule has 0 aliphatic heterocycles. The Hall–Kier alpha value is -3.15. The van der Waals surface area contributed by atoms with Gasteiger partial charge >= 0.3 is 5.97 Å². The zero-order valence-corrected chi connectivity index (χ0v) is 12.9. The Bertz CT molecular complexity index is 765. The minimum Gasteiger partial charge on any atom is -0.493 e. The predicted molar refractivity (Wildman–Crippen MR) is 85.9 cm³/mol. The molecule has 0 spiro atoms. The van der Waals surface area contributed by atoms with Gasteiger partial charge < -0.3 is 14.6 Å². The largest absolute Gasteiger partial charge is 0.493 e. The molecular weight excluding hydrogens is 315 g/mol. The number of carboxylic acid groups (broad SMARTS) is 1. The van der Waals surface area contributed by atoms with Gasteiger partial charge in [0.15, 0.2) is 23.9 Å². The number of methoxy groups -OCH3 is 1. The molecule has 0 aromatic heterocycles. The molecular formula is C18H15FO5. The summed E-state index contributed by atoms with van der Waals surface area (Å²) in [5.41, 5.74) is 1.05. The molecule has 0 saturated carbocycles. The molecule has 124 valence electrons. The van der Waals surface area contributed by atoms with Crippen LogP contribution in [0, 0.1) is 5.82 Å². The monoisotopic (exact) mass is 330 g/mol. The number of halogens is 1. The van der Waals surface area contributed by atoms with E-state index in [0.717, 1.165) is 0 Å². The van der Waals surface area contributed by atoms with E-state index in [-0.39, 0.29) is 5.78 Å². The third kappa shape index (κ3) is 4.67. The third-order valence-electron chi connectivity index (χ3n) is 3.09. The molecule has 0 amide bonds. The normalized spacial score (nSPS) is 10.6. The number of aliphatic carboxylic acids is 1. The lowest BCUT2D eigenvalue weighted by Gasteiger charge is -2.09. The van der Waals surface area contributed by atoms with Crippen LogP contribution in [0.25, 0.3) is 6.08 Å². The molecule has 6 heteroatoms. The number of benzene rings is 2. The van der Waals surface area contributed by atoms with Gasteiger partial charge in [-0.2, -0.15) is 0 Å². The summed E-state index contributed by atoms with van der Waals surface area (Å²) in [6, 6.07) is 10.1. The van der Waals surface area contributed by atoms with Crippen molar-refractivity contribution in [1.82, 2.24) is 0 Å². The molecule has 1 N–H and O–H groups in total. The second kappa shape index (κ2) is 7.92. The number of rotatable bonds is 7. The number of carboxylic acids is 1. The number of allylic oxidation sites excluding steroid dienone is 1. The first-order valence-corrected chi connectivity index (χ1v) is 7.00. The molecule has 0 fully saturated rings. The van der Waals surface area contributed by atoms with Crippen molar-refractivity contribution in [3.63, 3.8) is 0 Å². The Morgan fingerprint density at radius 3 is 2.46 bits per heavy atom. The second-order valence-electron chi connectivity index (χ2n) is 4.80. The van der Waals surface area contributed by atoms with Crippen LogP contribution in [0.4, 0.5) is 4.39 Å². The summed E-state index contributed by atoms with van der Waals surface area (Å²) >= 11 is 0. The Kier molecular flexibility index (Phi) is 5.68. The summed E-state index contributed by atoms with van der Waals surface area (Å²) in [7, 11) is 1.43. The van der Waals surface area contributed by atoms with E-state index in [1.807, 2.05) is 0 Å². The molecule has 2 aromatic carbocycles. The van der Waals surface area contributed by atoms with Crippen molar-refractivity contribution in [2.24, 2.45) is 0 Å². The van der Waals surface area contributed by atoms with Crippen LogP contribution in [0.5, 0.6) is 11.5 Å². The Balaban J connectivity index is 2.12. The smallest absolute Gasteiger partial charge is 0.341 e. The van der Waals surface area contributed by atoms with Gasteiger partial charge in [-0.15, -0.1) is 0 Å². The number of ketones is 1. The number of hydrogen-bond acceptors (Lipinski definition) is 4. The minimum atomic E-state index is -1.09. The highest BCUT2D eigenvalue weighted by Gasteiger charge is 2.07. The van der Waals surface area contributed by atoms with Gasteiger partial charge in [0.25, 0.3) is 0 Å². The van der Waals surface area contributed by atoms with Crippen LogP contribution in [-0.4, -0.2) is 30.6 Å². The molecule has 0 unspecified atom stereocenters. The first-order valence-electron chi connectivity index (χ1n) is 7.00. The average molecular weight is 330 g/mol. The van der Waals surface area contributed by atoms with Crippen molar-refractivity contribution in [3.05, 3.63) is 65.5 Å². The van der Waals surface area contributed by atoms with E-state index in [2.05, 4.69) is 0 Å². The highest BCUT2D eigenvalue weighted by Crippen LogP contribution is 2.28. The number of carbonyl (C=O) groups excluding carboxylic acids is 1. The molecule has 0 saturated heterocycles. The summed E-state index contributed by atoms with van der Waals surface area (Å²) in [5.74, 6) is -1.11. The van der Waals surface area contributed by atoms with Crippen LogP contribution in [0.2, 0.25) is 0 Å². The van der Waals surface area contributed by atoms with E-state index in [1.165, 1.54) is 37.5 Å². The maximum atomic E-state index is 12.8. The van der Waals surface area contributed by atoms with Crippen molar-refractivity contribution >= 4 is 17.8 Å². The lowest BCUT2D eigenvalue weighted by Crippen LogP contribution is -2.10. The molecule has 0 aliphatic rings. The second-order valence-corrected chi connectivity index (χ2v) is 4.80. The minimum absolute atomic E-state index is 0.264. The maximum absolute atomic E-state index is 12.8. The van der Waals surface area contributed by atoms with Crippen LogP contribution in [0.1, 0.15) is 15.9 Å². The first-order chi connectivity index (χ1) is 11.5. The van der Waals surface area contributed by atoms with E-state index in [9.17, 15) is 14.0 Å². The molecule has 0 heterocycles. The molecule has 24 heavy (non-hydrogen) atoms. The van der Waals surface area contributed by atoms with Crippen LogP contribution in [0.3, 0.4) is 0 Å². The standard InChI is InChI=1S/C18H15FO5/c1-23-17-10-12(3-9-16(17)24-11-18(21)22)2-8-15(20)13-4-6-14(19)7-5-13/h2-10H,11H2,1H3,(H,21,22)/b8-2+. The van der Waals surface area contributed by atoms with Gasteiger partial charge in [0.05, 0.1) is 7.11 Å². The lowest BCUT2D eigenvalue weighted by molar-refractivity contribution is -0.139. The zero-order valence-electron chi connectivity index (χ0n) is 12.9. The summed E-state index contributed by atoms with van der Waals surface area (Å²) in [4.78, 5) is 22.5. The van der Waals surface area contributed by atoms with Crippen molar-refractivity contribution in [2.45, 2.75) is 0 Å². The Morgan fingerprint density at radius 2 is 1.83 bits per heavy atom. The highest BCUT2D eigenvalue weighted by molar-refractivity contribution is 6.06. The third-order valence-corrected chi connectivity index (χ3v) is 3.09. The zero-order chi connectivity index (χ0) is 17.5. The molecule has 0 radical (unpaired) electrons. The highest BCUT2D eigenvalue weighted by atomic mass is 19.1.